The molecule has 3 heteroatoms. The van der Waals surface area contributed by atoms with Crippen LogP contribution in [0.4, 0.5) is 4.39 Å². The molecule has 0 aromatic heterocycles. The van der Waals surface area contributed by atoms with Crippen LogP contribution < -0.4 is 4.74 Å². The summed E-state index contributed by atoms with van der Waals surface area (Å²) in [6.07, 6.45) is 0. The molecule has 0 atom stereocenters. The number of hydrogen-bond donors (Lipinski definition) is 0. The molecule has 0 heterocycles. The molecule has 1 aromatic carbocycles. The second-order valence-electron chi connectivity index (χ2n) is 1.67. The van der Waals surface area contributed by atoms with Crippen LogP contribution in [0.5, 0.6) is 5.75 Å². The summed E-state index contributed by atoms with van der Waals surface area (Å²) in [4.78, 5) is 0. The van der Waals surface area contributed by atoms with Gasteiger partial charge in [-0.1, -0.05) is 11.6 Å². The van der Waals surface area contributed by atoms with Crippen molar-refractivity contribution in [2.75, 3.05) is 7.11 Å². The number of rotatable bonds is 1. The first-order chi connectivity index (χ1) is 4.75. The smallest absolute Gasteiger partial charge is 0.174 e. The number of methoxy groups -OCH3 is 1. The molecule has 1 radical (unpaired) electrons. The summed E-state index contributed by atoms with van der Waals surface area (Å²) >= 11 is 5.54. The van der Waals surface area contributed by atoms with Crippen LogP contribution in [-0.2, 0) is 0 Å². The Bertz CT molecular complexity index is 217. The Labute approximate surface area is 63.4 Å². The largest absolute Gasteiger partial charge is 0.492 e. The Morgan fingerprint density at radius 3 is 2.80 bits per heavy atom. The topological polar surface area (TPSA) is 9.23 Å². The second kappa shape index (κ2) is 2.88. The lowest BCUT2D eigenvalue weighted by molar-refractivity contribution is 0.386. The predicted octanol–water partition coefficient (Wildman–Crippen LogP) is 2.29. The van der Waals surface area contributed by atoms with Gasteiger partial charge in [0.15, 0.2) is 11.6 Å². The van der Waals surface area contributed by atoms with Crippen LogP contribution in [0.25, 0.3) is 0 Å². The Morgan fingerprint density at radius 1 is 1.70 bits per heavy atom. The molecule has 10 heavy (non-hydrogen) atoms. The maximum absolute atomic E-state index is 12.6. The van der Waals surface area contributed by atoms with Gasteiger partial charge in [0, 0.05) is 6.07 Å². The summed E-state index contributed by atoms with van der Waals surface area (Å²) in [5.74, 6) is -0.515. The lowest BCUT2D eigenvalue weighted by Gasteiger charge is -2.01. The summed E-state index contributed by atoms with van der Waals surface area (Å²) in [6, 6.07) is 5.24. The molecule has 0 spiro atoms. The van der Waals surface area contributed by atoms with E-state index < -0.39 is 5.82 Å². The van der Waals surface area contributed by atoms with Crippen molar-refractivity contribution in [3.63, 3.8) is 0 Å². The van der Waals surface area contributed by atoms with E-state index in [0.29, 0.717) is 0 Å². The van der Waals surface area contributed by atoms with Gasteiger partial charge in [-0.05, 0) is 12.1 Å². The van der Waals surface area contributed by atoms with Crippen LogP contribution >= 0.6 is 11.6 Å². The Hall–Kier alpha value is -0.760. The van der Waals surface area contributed by atoms with Crippen molar-refractivity contribution in [1.82, 2.24) is 0 Å². The van der Waals surface area contributed by atoms with E-state index in [9.17, 15) is 4.39 Å². The zero-order chi connectivity index (χ0) is 7.56. The zero-order valence-electron chi connectivity index (χ0n) is 5.32. The van der Waals surface area contributed by atoms with Gasteiger partial charge in [-0.15, -0.1) is 0 Å². The lowest BCUT2D eigenvalue weighted by Crippen LogP contribution is -1.87. The molecular weight excluding hydrogens is 155 g/mol. The van der Waals surface area contributed by atoms with E-state index in [2.05, 4.69) is 10.8 Å². The average Bonchev–Trinajstić information content (AvgIpc) is 1.88. The summed E-state index contributed by atoms with van der Waals surface area (Å²) in [5, 5.41) is 0.263. The standard InChI is InChI=1S/C7H5ClFO/c1-10-7-5(8)3-2-4-6(7)9/h2-3H,1H3. The molecule has 1 aromatic rings. The normalized spacial score (nSPS) is 9.50. The van der Waals surface area contributed by atoms with Crippen molar-refractivity contribution in [3.05, 3.63) is 29.0 Å². The fourth-order valence-electron chi connectivity index (χ4n) is 0.621. The molecule has 0 aliphatic carbocycles. The van der Waals surface area contributed by atoms with Gasteiger partial charge in [-0.3, -0.25) is 0 Å². The number of benzene rings is 1. The maximum atomic E-state index is 12.6. The van der Waals surface area contributed by atoms with Crippen molar-refractivity contribution >= 4 is 11.6 Å². The minimum absolute atomic E-state index is 0.0455. The Kier molecular flexibility index (Phi) is 2.12. The lowest BCUT2D eigenvalue weighted by atomic mass is 10.3. The van der Waals surface area contributed by atoms with E-state index in [1.165, 1.54) is 19.2 Å². The number of ether oxygens (including phenoxy) is 1. The number of hydrogen-bond acceptors (Lipinski definition) is 1. The van der Waals surface area contributed by atoms with Gasteiger partial charge in [-0.2, -0.15) is 0 Å². The van der Waals surface area contributed by atoms with Crippen molar-refractivity contribution in [3.8, 4) is 5.75 Å². The highest BCUT2D eigenvalue weighted by Crippen LogP contribution is 2.25. The molecule has 0 fully saturated rings. The third-order valence-corrected chi connectivity index (χ3v) is 1.36. The van der Waals surface area contributed by atoms with Gasteiger partial charge in [-0.25, -0.2) is 4.39 Å². The molecule has 0 aliphatic heterocycles. The minimum atomic E-state index is -0.560. The summed E-state index contributed by atoms with van der Waals surface area (Å²) in [7, 11) is 1.36. The molecule has 0 saturated heterocycles. The second-order valence-corrected chi connectivity index (χ2v) is 2.08. The highest BCUT2D eigenvalue weighted by Gasteiger charge is 2.04. The van der Waals surface area contributed by atoms with Crippen molar-refractivity contribution in [2.45, 2.75) is 0 Å². The van der Waals surface area contributed by atoms with E-state index >= 15 is 0 Å². The van der Waals surface area contributed by atoms with Crippen LogP contribution in [0.2, 0.25) is 5.02 Å². The van der Waals surface area contributed by atoms with Crippen LogP contribution in [0.3, 0.4) is 0 Å². The van der Waals surface area contributed by atoms with Crippen molar-refractivity contribution < 1.29 is 9.13 Å². The quantitative estimate of drug-likeness (QED) is 0.611. The van der Waals surface area contributed by atoms with Gasteiger partial charge in [0.25, 0.3) is 0 Å². The molecule has 0 unspecified atom stereocenters. The molecule has 0 saturated carbocycles. The van der Waals surface area contributed by atoms with Crippen LogP contribution in [0, 0.1) is 11.9 Å². The van der Waals surface area contributed by atoms with Crippen molar-refractivity contribution in [2.24, 2.45) is 0 Å². The van der Waals surface area contributed by atoms with Crippen LogP contribution in [-0.4, -0.2) is 7.11 Å². The van der Waals surface area contributed by atoms with Crippen LogP contribution in [0.1, 0.15) is 0 Å². The van der Waals surface area contributed by atoms with Gasteiger partial charge in [0.1, 0.15) is 0 Å². The highest BCUT2D eigenvalue weighted by molar-refractivity contribution is 6.32. The zero-order valence-corrected chi connectivity index (χ0v) is 6.07. The van der Waals surface area contributed by atoms with Crippen molar-refractivity contribution in [1.29, 1.82) is 0 Å². The predicted molar refractivity (Wildman–Crippen MR) is 36.8 cm³/mol. The van der Waals surface area contributed by atoms with E-state index in [-0.39, 0.29) is 10.8 Å². The van der Waals surface area contributed by atoms with Gasteiger partial charge >= 0.3 is 0 Å². The number of halogens is 2. The maximum Gasteiger partial charge on any atom is 0.174 e. The fourth-order valence-corrected chi connectivity index (χ4v) is 0.844. The molecular formula is C7H5ClFO. The first kappa shape index (κ1) is 7.35. The first-order valence-corrected chi connectivity index (χ1v) is 3.03. The van der Waals surface area contributed by atoms with Gasteiger partial charge in [0.05, 0.1) is 12.1 Å². The molecule has 0 bridgehead atoms. The van der Waals surface area contributed by atoms with E-state index in [4.69, 9.17) is 11.6 Å². The molecule has 0 amide bonds. The Morgan fingerprint density at radius 2 is 2.40 bits per heavy atom. The summed E-state index contributed by atoms with van der Waals surface area (Å²) < 4.78 is 17.2. The first-order valence-electron chi connectivity index (χ1n) is 2.65. The van der Waals surface area contributed by atoms with E-state index in [1.54, 1.807) is 0 Å². The molecule has 1 nitrogen and oxygen atoms in total. The fraction of sp³-hybridized carbons (Fsp3) is 0.143. The monoisotopic (exact) mass is 159 g/mol. The molecule has 0 aliphatic rings. The minimum Gasteiger partial charge on any atom is -0.492 e. The third-order valence-electron chi connectivity index (χ3n) is 1.06. The molecule has 1 rings (SSSR count). The SMILES string of the molecule is COc1c(F)[c]ccc1Cl. The van der Waals surface area contributed by atoms with E-state index in [0.717, 1.165) is 0 Å². The molecule has 0 N–H and O–H groups in total. The van der Waals surface area contributed by atoms with Gasteiger partial charge in [0.2, 0.25) is 0 Å². The highest BCUT2D eigenvalue weighted by atomic mass is 35.5. The summed E-state index contributed by atoms with van der Waals surface area (Å²) in [6.45, 7) is 0. The average molecular weight is 160 g/mol. The van der Waals surface area contributed by atoms with E-state index in [1.807, 2.05) is 0 Å². The van der Waals surface area contributed by atoms with Crippen LogP contribution in [0.15, 0.2) is 12.1 Å². The summed E-state index contributed by atoms with van der Waals surface area (Å²) in [5.41, 5.74) is 0. The third kappa shape index (κ3) is 1.21. The Balaban J connectivity index is 3.17. The van der Waals surface area contributed by atoms with Gasteiger partial charge < -0.3 is 4.74 Å². The molecule has 53 valence electrons.